The Morgan fingerprint density at radius 1 is 1.92 bits per heavy atom. The molecule has 0 amide bonds. The van der Waals surface area contributed by atoms with Crippen molar-refractivity contribution < 1.29 is 9.90 Å². The van der Waals surface area contributed by atoms with E-state index in [2.05, 4.69) is 17.0 Å². The van der Waals surface area contributed by atoms with Gasteiger partial charge >= 0.3 is 5.97 Å². The Morgan fingerprint density at radius 3 is 2.83 bits per heavy atom. The van der Waals surface area contributed by atoms with E-state index in [0.29, 0.717) is 5.70 Å². The number of hydrogen-bond acceptors (Lipinski definition) is 4. The van der Waals surface area contributed by atoms with E-state index in [0.717, 1.165) is 0 Å². The van der Waals surface area contributed by atoms with Crippen LogP contribution in [0.25, 0.3) is 0 Å². The first-order valence-corrected chi connectivity index (χ1v) is 3.42. The van der Waals surface area contributed by atoms with Gasteiger partial charge in [-0.05, 0) is 6.72 Å². The third kappa shape index (κ3) is 3.72. The molecule has 68 valence electrons. The summed E-state index contributed by atoms with van der Waals surface area (Å²) in [5, 5.41) is 11.2. The highest BCUT2D eigenvalue weighted by Crippen LogP contribution is 1.99. The quantitative estimate of drug-likeness (QED) is 0.489. The van der Waals surface area contributed by atoms with Gasteiger partial charge in [0.15, 0.2) is 0 Å². The van der Waals surface area contributed by atoms with Gasteiger partial charge in [0.05, 0.1) is 0 Å². The van der Waals surface area contributed by atoms with Gasteiger partial charge in [-0.15, -0.1) is 0 Å². The summed E-state index contributed by atoms with van der Waals surface area (Å²) in [5.74, 6) is -1.03. The van der Waals surface area contributed by atoms with Gasteiger partial charge in [-0.2, -0.15) is 0 Å². The largest absolute Gasteiger partial charge is 0.480 e. The Hall–Kier alpha value is -1.36. The van der Waals surface area contributed by atoms with E-state index in [1.54, 1.807) is 7.05 Å². The molecular formula is C7H13N3O2. The zero-order valence-corrected chi connectivity index (χ0v) is 6.95. The lowest BCUT2D eigenvalue weighted by atomic mass is 10.2. The lowest BCUT2D eigenvalue weighted by Gasteiger charge is -2.08. The minimum absolute atomic E-state index is 0.227. The van der Waals surface area contributed by atoms with Gasteiger partial charge in [0.2, 0.25) is 0 Å². The summed E-state index contributed by atoms with van der Waals surface area (Å²) in [6, 6.07) is -0.898. The molecule has 0 aromatic heterocycles. The number of carbonyl (C=O) groups is 1. The zero-order chi connectivity index (χ0) is 9.56. The summed E-state index contributed by atoms with van der Waals surface area (Å²) in [5.41, 5.74) is 5.93. The van der Waals surface area contributed by atoms with Crippen LogP contribution >= 0.6 is 0 Å². The molecule has 5 heteroatoms. The average molecular weight is 171 g/mol. The molecule has 4 N–H and O–H groups in total. The molecule has 0 aliphatic heterocycles. The first-order valence-electron chi connectivity index (χ1n) is 3.42. The van der Waals surface area contributed by atoms with Crippen molar-refractivity contribution >= 4 is 12.7 Å². The second kappa shape index (κ2) is 5.31. The number of rotatable bonds is 5. The van der Waals surface area contributed by atoms with Crippen LogP contribution < -0.4 is 11.1 Å². The number of carboxylic acids is 1. The van der Waals surface area contributed by atoms with E-state index in [1.165, 1.54) is 6.20 Å². The summed E-state index contributed by atoms with van der Waals surface area (Å²) in [4.78, 5) is 13.8. The number of nitrogens with zero attached hydrogens (tertiary/aromatic N) is 1. The minimum atomic E-state index is -1.03. The normalized spacial score (nSPS) is 13.7. The van der Waals surface area contributed by atoms with Crippen molar-refractivity contribution in [3.8, 4) is 0 Å². The van der Waals surface area contributed by atoms with Crippen LogP contribution in [0.15, 0.2) is 16.9 Å². The van der Waals surface area contributed by atoms with Crippen LogP contribution in [0.3, 0.4) is 0 Å². The predicted octanol–water partition coefficient (Wildman–Crippen LogP) is -0.450. The second-order valence-corrected chi connectivity index (χ2v) is 2.24. The molecule has 0 aromatic carbocycles. The number of aliphatic carboxylic acids is 1. The highest BCUT2D eigenvalue weighted by Gasteiger charge is 2.12. The van der Waals surface area contributed by atoms with Crippen molar-refractivity contribution in [2.24, 2.45) is 10.7 Å². The predicted molar refractivity (Wildman–Crippen MR) is 46.9 cm³/mol. The molecule has 0 rings (SSSR count). The lowest BCUT2D eigenvalue weighted by Crippen LogP contribution is -2.32. The van der Waals surface area contributed by atoms with Gasteiger partial charge in [-0.1, -0.05) is 0 Å². The smallest absolute Gasteiger partial charge is 0.320 e. The Kier molecular flexibility index (Phi) is 4.71. The molecular weight excluding hydrogens is 158 g/mol. The molecule has 0 aromatic rings. The molecule has 0 spiro atoms. The SMILES string of the molecule is C=N/C=C(/CC(N)C(=O)O)NC. The molecule has 1 unspecified atom stereocenters. The van der Waals surface area contributed by atoms with Crippen molar-refractivity contribution in [2.75, 3.05) is 7.05 Å². The first-order chi connectivity index (χ1) is 5.61. The Morgan fingerprint density at radius 2 is 2.50 bits per heavy atom. The Bertz CT molecular complexity index is 201. The van der Waals surface area contributed by atoms with E-state index in [9.17, 15) is 4.79 Å². The van der Waals surface area contributed by atoms with Crippen LogP contribution in [-0.2, 0) is 4.79 Å². The molecule has 0 bridgehead atoms. The summed E-state index contributed by atoms with van der Waals surface area (Å²) in [7, 11) is 1.67. The minimum Gasteiger partial charge on any atom is -0.480 e. The third-order valence-corrected chi connectivity index (χ3v) is 1.33. The van der Waals surface area contributed by atoms with E-state index < -0.39 is 12.0 Å². The third-order valence-electron chi connectivity index (χ3n) is 1.33. The van der Waals surface area contributed by atoms with Crippen LogP contribution in [0, 0.1) is 0 Å². The molecule has 0 aliphatic rings. The molecule has 0 aliphatic carbocycles. The van der Waals surface area contributed by atoms with Crippen molar-refractivity contribution in [1.29, 1.82) is 0 Å². The summed E-state index contributed by atoms with van der Waals surface area (Å²) in [6.45, 7) is 3.25. The Labute approximate surface area is 71.0 Å². The fourth-order valence-corrected chi connectivity index (χ4v) is 0.654. The van der Waals surface area contributed by atoms with Gasteiger partial charge in [-0.25, -0.2) is 0 Å². The molecule has 0 heterocycles. The summed E-state index contributed by atoms with van der Waals surface area (Å²) in [6.07, 6.45) is 1.67. The van der Waals surface area contributed by atoms with Crippen molar-refractivity contribution in [3.63, 3.8) is 0 Å². The van der Waals surface area contributed by atoms with Crippen LogP contribution in [0.2, 0.25) is 0 Å². The first kappa shape index (κ1) is 10.6. The highest BCUT2D eigenvalue weighted by atomic mass is 16.4. The van der Waals surface area contributed by atoms with Crippen LogP contribution in [0.1, 0.15) is 6.42 Å². The van der Waals surface area contributed by atoms with Gasteiger partial charge in [-0.3, -0.25) is 9.79 Å². The number of nitrogens with two attached hydrogens (primary N) is 1. The van der Waals surface area contributed by atoms with Crippen molar-refractivity contribution in [1.82, 2.24) is 5.32 Å². The second-order valence-electron chi connectivity index (χ2n) is 2.24. The summed E-state index contributed by atoms with van der Waals surface area (Å²) < 4.78 is 0. The maximum absolute atomic E-state index is 10.3. The van der Waals surface area contributed by atoms with Crippen LogP contribution in [0.5, 0.6) is 0 Å². The van der Waals surface area contributed by atoms with Gasteiger partial charge < -0.3 is 16.2 Å². The van der Waals surface area contributed by atoms with E-state index in [1.807, 2.05) is 0 Å². The standard InChI is InChI=1S/C7H13N3O2/c1-9-4-5(10-2)3-6(8)7(11)12/h4,6,10H,1,3,8H2,2H3,(H,11,12)/b5-4-. The number of carboxylic acid groups (broad SMARTS) is 1. The average Bonchev–Trinajstić information content (AvgIpc) is 2.03. The number of aliphatic imine (C=N–C) groups is 1. The molecule has 12 heavy (non-hydrogen) atoms. The molecule has 0 saturated carbocycles. The molecule has 1 atom stereocenters. The number of hydrogen-bond donors (Lipinski definition) is 3. The van der Waals surface area contributed by atoms with E-state index >= 15 is 0 Å². The summed E-state index contributed by atoms with van der Waals surface area (Å²) >= 11 is 0. The molecule has 0 fully saturated rings. The van der Waals surface area contributed by atoms with Crippen LogP contribution in [0.4, 0.5) is 0 Å². The van der Waals surface area contributed by atoms with E-state index in [-0.39, 0.29) is 6.42 Å². The maximum Gasteiger partial charge on any atom is 0.320 e. The lowest BCUT2D eigenvalue weighted by molar-refractivity contribution is -0.138. The van der Waals surface area contributed by atoms with E-state index in [4.69, 9.17) is 10.8 Å². The topological polar surface area (TPSA) is 87.7 Å². The maximum atomic E-state index is 10.3. The fraction of sp³-hybridized carbons (Fsp3) is 0.429. The highest BCUT2D eigenvalue weighted by molar-refractivity contribution is 5.73. The van der Waals surface area contributed by atoms with Crippen LogP contribution in [-0.4, -0.2) is 30.9 Å². The molecule has 0 radical (unpaired) electrons. The monoisotopic (exact) mass is 171 g/mol. The Balaban J connectivity index is 4.11. The van der Waals surface area contributed by atoms with Gasteiger partial charge in [0.25, 0.3) is 0 Å². The molecule has 0 saturated heterocycles. The van der Waals surface area contributed by atoms with Gasteiger partial charge in [0.1, 0.15) is 6.04 Å². The fourth-order valence-electron chi connectivity index (χ4n) is 0.654. The van der Waals surface area contributed by atoms with Crippen molar-refractivity contribution in [3.05, 3.63) is 11.9 Å². The number of nitrogens with one attached hydrogen (secondary N) is 1. The molecule has 5 nitrogen and oxygen atoms in total. The zero-order valence-electron chi connectivity index (χ0n) is 6.95. The van der Waals surface area contributed by atoms with Gasteiger partial charge in [0, 0.05) is 25.4 Å². The van der Waals surface area contributed by atoms with Crippen molar-refractivity contribution in [2.45, 2.75) is 12.5 Å².